The molecule has 3 aromatic rings. The molecule has 0 aliphatic heterocycles. The minimum absolute atomic E-state index is 0.487. The van der Waals surface area contributed by atoms with Gasteiger partial charge in [0.25, 0.3) is 0 Å². The SMILES string of the molecule is Cc1ccc2nc(Sc3cc(Cl)nc(C4CC4)n3)[nH]c2c1. The fourth-order valence-corrected chi connectivity index (χ4v) is 3.31. The number of aromatic nitrogens is 4. The Morgan fingerprint density at radius 3 is 2.86 bits per heavy atom. The second kappa shape index (κ2) is 5.00. The smallest absolute Gasteiger partial charge is 0.172 e. The Bertz CT molecular complexity index is 826. The summed E-state index contributed by atoms with van der Waals surface area (Å²) < 4.78 is 0. The standard InChI is InChI=1S/C15H13ClN4S/c1-8-2-5-10-11(6-8)18-15(17-10)21-13-7-12(16)19-14(20-13)9-3-4-9/h2,5-7,9H,3-4H2,1H3,(H,17,18). The first-order valence-corrected chi connectivity index (χ1v) is 8.05. The highest BCUT2D eigenvalue weighted by Crippen LogP contribution is 2.39. The molecule has 2 aromatic heterocycles. The van der Waals surface area contributed by atoms with Gasteiger partial charge in [-0.15, -0.1) is 0 Å². The lowest BCUT2D eigenvalue weighted by Gasteiger charge is -2.02. The molecule has 1 fully saturated rings. The van der Waals surface area contributed by atoms with Crippen molar-refractivity contribution in [2.24, 2.45) is 0 Å². The number of nitrogens with zero attached hydrogens (tertiary/aromatic N) is 3. The van der Waals surface area contributed by atoms with E-state index in [9.17, 15) is 0 Å². The molecule has 0 spiro atoms. The Balaban J connectivity index is 1.67. The molecule has 1 saturated carbocycles. The van der Waals surface area contributed by atoms with Crippen LogP contribution in [0.4, 0.5) is 0 Å². The van der Waals surface area contributed by atoms with E-state index in [-0.39, 0.29) is 0 Å². The van der Waals surface area contributed by atoms with Crippen LogP contribution >= 0.6 is 23.4 Å². The van der Waals surface area contributed by atoms with E-state index in [1.165, 1.54) is 17.3 Å². The monoisotopic (exact) mass is 316 g/mol. The van der Waals surface area contributed by atoms with Gasteiger partial charge in [0.15, 0.2) is 5.16 Å². The summed E-state index contributed by atoms with van der Waals surface area (Å²) in [6, 6.07) is 7.96. The van der Waals surface area contributed by atoms with Crippen LogP contribution in [0.3, 0.4) is 0 Å². The predicted molar refractivity (Wildman–Crippen MR) is 84.0 cm³/mol. The highest BCUT2D eigenvalue weighted by Gasteiger charge is 2.27. The molecule has 1 aliphatic carbocycles. The maximum atomic E-state index is 6.09. The number of fused-ring (bicyclic) bond motifs is 1. The zero-order valence-corrected chi connectivity index (χ0v) is 13.0. The van der Waals surface area contributed by atoms with Gasteiger partial charge in [-0.3, -0.25) is 0 Å². The molecule has 1 aliphatic rings. The first-order chi connectivity index (χ1) is 10.2. The molecule has 4 rings (SSSR count). The number of imidazole rings is 1. The van der Waals surface area contributed by atoms with Gasteiger partial charge in [-0.25, -0.2) is 15.0 Å². The first kappa shape index (κ1) is 13.1. The lowest BCUT2D eigenvalue weighted by Crippen LogP contribution is -1.94. The summed E-state index contributed by atoms with van der Waals surface area (Å²) in [7, 11) is 0. The number of rotatable bonds is 3. The summed E-state index contributed by atoms with van der Waals surface area (Å²) in [5.41, 5.74) is 3.22. The van der Waals surface area contributed by atoms with Crippen molar-refractivity contribution in [2.45, 2.75) is 35.9 Å². The Hall–Kier alpha value is -1.59. The molecule has 106 valence electrons. The second-order valence-electron chi connectivity index (χ2n) is 5.33. The van der Waals surface area contributed by atoms with Crippen LogP contribution in [0, 0.1) is 6.92 Å². The molecule has 0 saturated heterocycles. The van der Waals surface area contributed by atoms with Crippen LogP contribution in [0.1, 0.15) is 30.1 Å². The van der Waals surface area contributed by atoms with Crippen LogP contribution < -0.4 is 0 Å². The van der Waals surface area contributed by atoms with Gasteiger partial charge in [0.05, 0.1) is 11.0 Å². The number of H-pyrrole nitrogens is 1. The van der Waals surface area contributed by atoms with Crippen molar-refractivity contribution in [3.8, 4) is 0 Å². The van der Waals surface area contributed by atoms with Crippen molar-refractivity contribution < 1.29 is 0 Å². The molecule has 0 atom stereocenters. The van der Waals surface area contributed by atoms with E-state index < -0.39 is 0 Å². The minimum Gasteiger partial charge on any atom is -0.333 e. The number of benzene rings is 1. The second-order valence-corrected chi connectivity index (χ2v) is 6.72. The van der Waals surface area contributed by atoms with Crippen LogP contribution in [-0.4, -0.2) is 19.9 Å². The van der Waals surface area contributed by atoms with E-state index in [4.69, 9.17) is 11.6 Å². The lowest BCUT2D eigenvalue weighted by molar-refractivity contribution is 0.876. The number of aryl methyl sites for hydroxylation is 1. The Kier molecular flexibility index (Phi) is 3.12. The third kappa shape index (κ3) is 2.76. The average molecular weight is 317 g/mol. The maximum absolute atomic E-state index is 6.09. The van der Waals surface area contributed by atoms with Crippen molar-refractivity contribution in [1.82, 2.24) is 19.9 Å². The highest BCUT2D eigenvalue weighted by molar-refractivity contribution is 7.99. The number of halogens is 1. The normalized spacial score (nSPS) is 14.8. The van der Waals surface area contributed by atoms with E-state index >= 15 is 0 Å². The predicted octanol–water partition coefficient (Wildman–Crippen LogP) is 4.34. The Morgan fingerprint density at radius 1 is 1.19 bits per heavy atom. The lowest BCUT2D eigenvalue weighted by atomic mass is 10.2. The maximum Gasteiger partial charge on any atom is 0.172 e. The van der Waals surface area contributed by atoms with Gasteiger partial charge in [0, 0.05) is 12.0 Å². The van der Waals surface area contributed by atoms with Gasteiger partial charge >= 0.3 is 0 Å². The van der Waals surface area contributed by atoms with Crippen LogP contribution in [0.2, 0.25) is 5.15 Å². The number of hydrogen-bond donors (Lipinski definition) is 1. The molecule has 0 radical (unpaired) electrons. The molecule has 21 heavy (non-hydrogen) atoms. The van der Waals surface area contributed by atoms with E-state index in [0.29, 0.717) is 11.1 Å². The van der Waals surface area contributed by atoms with Crippen molar-refractivity contribution >= 4 is 34.4 Å². The van der Waals surface area contributed by atoms with Crippen molar-refractivity contribution in [3.63, 3.8) is 0 Å². The molecule has 6 heteroatoms. The van der Waals surface area contributed by atoms with Crippen molar-refractivity contribution in [2.75, 3.05) is 0 Å². The van der Waals surface area contributed by atoms with Crippen LogP contribution in [-0.2, 0) is 0 Å². The van der Waals surface area contributed by atoms with Gasteiger partial charge in [-0.2, -0.15) is 0 Å². The molecular formula is C15H13ClN4S. The van der Waals surface area contributed by atoms with Crippen LogP contribution in [0.5, 0.6) is 0 Å². The fourth-order valence-electron chi connectivity index (χ4n) is 2.24. The molecule has 4 nitrogen and oxygen atoms in total. The number of nitrogens with one attached hydrogen (secondary N) is 1. The largest absolute Gasteiger partial charge is 0.333 e. The summed E-state index contributed by atoms with van der Waals surface area (Å²) >= 11 is 7.58. The molecule has 0 unspecified atom stereocenters. The summed E-state index contributed by atoms with van der Waals surface area (Å²) in [5.74, 6) is 1.35. The van der Waals surface area contributed by atoms with Gasteiger partial charge in [0.2, 0.25) is 0 Å². The zero-order chi connectivity index (χ0) is 14.4. The van der Waals surface area contributed by atoms with E-state index in [2.05, 4.69) is 39.0 Å². The Labute approximate surface area is 131 Å². The molecule has 2 heterocycles. The first-order valence-electron chi connectivity index (χ1n) is 6.86. The average Bonchev–Trinajstić information content (AvgIpc) is 3.20. The summed E-state index contributed by atoms with van der Waals surface area (Å²) in [4.78, 5) is 16.8. The van der Waals surface area contributed by atoms with Crippen LogP contribution in [0.25, 0.3) is 11.0 Å². The third-order valence-corrected chi connectivity index (χ3v) is 4.45. The molecule has 1 N–H and O–H groups in total. The Morgan fingerprint density at radius 2 is 2.05 bits per heavy atom. The van der Waals surface area contributed by atoms with Crippen LogP contribution in [0.15, 0.2) is 34.4 Å². The topological polar surface area (TPSA) is 54.5 Å². The molecular weight excluding hydrogens is 304 g/mol. The summed E-state index contributed by atoms with van der Waals surface area (Å²) in [6.07, 6.45) is 2.32. The molecule has 1 aromatic carbocycles. The van der Waals surface area contributed by atoms with E-state index in [1.54, 1.807) is 6.07 Å². The zero-order valence-electron chi connectivity index (χ0n) is 11.4. The van der Waals surface area contributed by atoms with Gasteiger partial charge in [-0.1, -0.05) is 17.7 Å². The van der Waals surface area contributed by atoms with Crippen molar-refractivity contribution in [3.05, 3.63) is 40.8 Å². The van der Waals surface area contributed by atoms with Gasteiger partial charge in [-0.05, 0) is 49.2 Å². The van der Waals surface area contributed by atoms with Crippen molar-refractivity contribution in [1.29, 1.82) is 0 Å². The highest BCUT2D eigenvalue weighted by atomic mass is 35.5. The molecule has 0 amide bonds. The number of hydrogen-bond acceptors (Lipinski definition) is 4. The fraction of sp³-hybridized carbons (Fsp3) is 0.267. The van der Waals surface area contributed by atoms with E-state index in [1.807, 2.05) is 6.07 Å². The van der Waals surface area contributed by atoms with Gasteiger partial charge in [0.1, 0.15) is 16.0 Å². The number of aromatic amines is 1. The van der Waals surface area contributed by atoms with Gasteiger partial charge < -0.3 is 4.98 Å². The molecule has 0 bridgehead atoms. The quantitative estimate of drug-likeness (QED) is 0.730. The van der Waals surface area contributed by atoms with E-state index in [0.717, 1.165) is 39.9 Å². The minimum atomic E-state index is 0.487. The summed E-state index contributed by atoms with van der Waals surface area (Å²) in [5, 5.41) is 2.17. The third-order valence-electron chi connectivity index (χ3n) is 3.45. The summed E-state index contributed by atoms with van der Waals surface area (Å²) in [6.45, 7) is 2.07.